The minimum atomic E-state index is -0.856. The van der Waals surface area contributed by atoms with Crippen molar-refractivity contribution in [2.45, 2.75) is 181 Å². The van der Waals surface area contributed by atoms with Gasteiger partial charge in [-0.1, -0.05) is 191 Å². The lowest BCUT2D eigenvalue weighted by atomic mass is 10.1. The van der Waals surface area contributed by atoms with E-state index in [1.807, 2.05) is 12.2 Å². The van der Waals surface area contributed by atoms with Gasteiger partial charge >= 0.3 is 17.9 Å². The number of carbonyl (C=O) groups is 3. The van der Waals surface area contributed by atoms with E-state index in [9.17, 15) is 14.4 Å². The first-order valence-electron chi connectivity index (χ1n) is 25.6. The third-order valence-electron chi connectivity index (χ3n) is 9.71. The Hall–Kier alpha value is -5.23. The van der Waals surface area contributed by atoms with Crippen LogP contribution >= 0.6 is 0 Å². The largest absolute Gasteiger partial charge is 0.462 e. The van der Waals surface area contributed by atoms with Gasteiger partial charge in [0.15, 0.2) is 6.10 Å². The normalized spacial score (nSPS) is 13.5. The number of rotatable bonds is 43. The van der Waals surface area contributed by atoms with Crippen LogP contribution in [0.1, 0.15) is 175 Å². The molecule has 67 heavy (non-hydrogen) atoms. The van der Waals surface area contributed by atoms with E-state index in [4.69, 9.17) is 14.2 Å². The molecule has 6 nitrogen and oxygen atoms in total. The summed E-state index contributed by atoms with van der Waals surface area (Å²) < 4.78 is 16.6. The summed E-state index contributed by atoms with van der Waals surface area (Å²) in [5.41, 5.74) is 0. The molecule has 0 aromatic carbocycles. The molecule has 0 radical (unpaired) electrons. The average molecular weight is 919 g/mol. The average Bonchev–Trinajstić information content (AvgIpc) is 3.33. The third kappa shape index (κ3) is 51.6. The Morgan fingerprint density at radius 1 is 0.299 bits per heavy atom. The molecule has 0 N–H and O–H groups in total. The standard InChI is InChI=1S/C61H90O6/c1-4-7-10-13-16-19-22-25-28-29-30-31-34-36-39-42-45-48-51-54-60(63)66-57-58(67-61(64)55-52-49-46-43-40-37-33-27-24-21-18-15-12-9-6-3)56-65-59(62)53-50-47-44-41-38-35-32-26-23-20-17-14-11-8-5-2/h7-12,16-21,25-28,30-33,36,38-41,43,45,48,58H,4-6,13-15,22-24,29,34-35,37,42,44,46-47,49-57H2,1-3H3/b10-7-,11-8-,12-9-,19-16-,20-17-,21-18-,28-25-,31-30-,32-26-,33-27-,39-36-,41-38-,43-40-,48-45-/t58-/m1/s1. The van der Waals surface area contributed by atoms with Crippen LogP contribution in [0.2, 0.25) is 0 Å². The van der Waals surface area contributed by atoms with Crippen LogP contribution in [0.25, 0.3) is 0 Å². The van der Waals surface area contributed by atoms with E-state index in [0.717, 1.165) is 116 Å². The van der Waals surface area contributed by atoms with Crippen LogP contribution in [-0.2, 0) is 28.6 Å². The molecule has 0 saturated heterocycles. The first kappa shape index (κ1) is 61.8. The fourth-order valence-corrected chi connectivity index (χ4v) is 5.98. The monoisotopic (exact) mass is 919 g/mol. The molecule has 0 aromatic rings. The van der Waals surface area contributed by atoms with Gasteiger partial charge in [-0.25, -0.2) is 0 Å². The first-order chi connectivity index (χ1) is 33.0. The number of hydrogen-bond donors (Lipinski definition) is 0. The molecule has 6 heteroatoms. The molecule has 0 saturated carbocycles. The van der Waals surface area contributed by atoms with Gasteiger partial charge in [0.05, 0.1) is 0 Å². The lowest BCUT2D eigenvalue weighted by Gasteiger charge is -2.18. The third-order valence-corrected chi connectivity index (χ3v) is 9.71. The van der Waals surface area contributed by atoms with Crippen LogP contribution in [0.15, 0.2) is 170 Å². The summed E-state index contributed by atoms with van der Waals surface area (Å²) >= 11 is 0. The van der Waals surface area contributed by atoms with Crippen molar-refractivity contribution in [2.75, 3.05) is 13.2 Å². The molecule has 0 spiro atoms. The van der Waals surface area contributed by atoms with E-state index in [1.54, 1.807) is 0 Å². The predicted molar refractivity (Wildman–Crippen MR) is 288 cm³/mol. The quantitative estimate of drug-likeness (QED) is 0.0262. The zero-order chi connectivity index (χ0) is 48.6. The van der Waals surface area contributed by atoms with Crippen molar-refractivity contribution in [3.63, 3.8) is 0 Å². The van der Waals surface area contributed by atoms with Gasteiger partial charge in [-0.05, 0) is 135 Å². The molecular weight excluding hydrogens is 829 g/mol. The van der Waals surface area contributed by atoms with Gasteiger partial charge in [-0.15, -0.1) is 0 Å². The van der Waals surface area contributed by atoms with Gasteiger partial charge < -0.3 is 14.2 Å². The van der Waals surface area contributed by atoms with Gasteiger partial charge in [0.1, 0.15) is 13.2 Å². The van der Waals surface area contributed by atoms with Crippen LogP contribution in [0, 0.1) is 0 Å². The summed E-state index contributed by atoms with van der Waals surface area (Å²) in [5.74, 6) is -1.13. The fourth-order valence-electron chi connectivity index (χ4n) is 5.98. The Bertz CT molecular complexity index is 1620. The summed E-state index contributed by atoms with van der Waals surface area (Å²) in [6.07, 6.45) is 79.2. The number of esters is 3. The maximum Gasteiger partial charge on any atom is 0.306 e. The minimum absolute atomic E-state index is 0.149. The van der Waals surface area contributed by atoms with Crippen LogP contribution in [0.5, 0.6) is 0 Å². The number of hydrogen-bond acceptors (Lipinski definition) is 6. The van der Waals surface area contributed by atoms with Gasteiger partial charge in [0.2, 0.25) is 0 Å². The number of allylic oxidation sites excluding steroid dienone is 28. The Balaban J connectivity index is 4.67. The van der Waals surface area contributed by atoms with E-state index in [0.29, 0.717) is 19.3 Å². The predicted octanol–water partition coefficient (Wildman–Crippen LogP) is 17.2. The molecule has 0 fully saturated rings. The lowest BCUT2D eigenvalue weighted by molar-refractivity contribution is -0.166. The van der Waals surface area contributed by atoms with E-state index >= 15 is 0 Å². The van der Waals surface area contributed by atoms with Crippen molar-refractivity contribution in [3.05, 3.63) is 170 Å². The molecule has 0 unspecified atom stereocenters. The summed E-state index contributed by atoms with van der Waals surface area (Å²) in [6, 6.07) is 0. The smallest absolute Gasteiger partial charge is 0.306 e. The second kappa shape index (κ2) is 53.4. The molecule has 0 aliphatic rings. The summed E-state index contributed by atoms with van der Waals surface area (Å²) in [6.45, 7) is 6.12. The highest BCUT2D eigenvalue weighted by molar-refractivity contribution is 5.71. The molecule has 0 heterocycles. The highest BCUT2D eigenvalue weighted by atomic mass is 16.6. The van der Waals surface area contributed by atoms with Crippen LogP contribution in [0.3, 0.4) is 0 Å². The summed E-state index contributed by atoms with van der Waals surface area (Å²) in [4.78, 5) is 38.0. The van der Waals surface area contributed by atoms with Crippen LogP contribution in [-0.4, -0.2) is 37.2 Å². The highest BCUT2D eigenvalue weighted by Crippen LogP contribution is 2.09. The second-order valence-electron chi connectivity index (χ2n) is 15.9. The molecule has 0 aliphatic heterocycles. The van der Waals surface area contributed by atoms with Crippen molar-refractivity contribution < 1.29 is 28.6 Å². The Morgan fingerprint density at radius 3 is 0.866 bits per heavy atom. The summed E-state index contributed by atoms with van der Waals surface area (Å²) in [7, 11) is 0. The molecular formula is C61H90O6. The van der Waals surface area contributed by atoms with E-state index < -0.39 is 12.1 Å². The van der Waals surface area contributed by atoms with Gasteiger partial charge in [-0.2, -0.15) is 0 Å². The minimum Gasteiger partial charge on any atom is -0.462 e. The van der Waals surface area contributed by atoms with Crippen molar-refractivity contribution in [3.8, 4) is 0 Å². The molecule has 0 bridgehead atoms. The number of unbranched alkanes of at least 4 members (excludes halogenated alkanes) is 4. The zero-order valence-electron chi connectivity index (χ0n) is 42.1. The van der Waals surface area contributed by atoms with E-state index in [-0.39, 0.29) is 44.4 Å². The Morgan fingerprint density at radius 2 is 0.552 bits per heavy atom. The van der Waals surface area contributed by atoms with Gasteiger partial charge in [0.25, 0.3) is 0 Å². The Kier molecular flexibility index (Phi) is 49.2. The van der Waals surface area contributed by atoms with Crippen molar-refractivity contribution in [1.29, 1.82) is 0 Å². The molecule has 370 valence electrons. The fraction of sp³-hybridized carbons (Fsp3) is 0.492. The van der Waals surface area contributed by atoms with Crippen molar-refractivity contribution in [2.24, 2.45) is 0 Å². The number of carbonyl (C=O) groups excluding carboxylic acids is 3. The van der Waals surface area contributed by atoms with Crippen molar-refractivity contribution in [1.82, 2.24) is 0 Å². The molecule has 1 atom stereocenters. The van der Waals surface area contributed by atoms with E-state index in [2.05, 4.69) is 179 Å². The van der Waals surface area contributed by atoms with Gasteiger partial charge in [0, 0.05) is 19.3 Å². The lowest BCUT2D eigenvalue weighted by Crippen LogP contribution is -2.30. The molecule has 0 aromatic heterocycles. The SMILES string of the molecule is CC/C=C\C/C=C\C/C=C\C/C=C\C/C=C\C/C=C\CCC(=O)OC[C@@H](COC(=O)CCCC/C=C\C/C=C\C/C=C\C/C=C\CC)OC(=O)CCCC/C=C\C/C=C\C/C=C\C/C=C\CC. The Labute approximate surface area is 409 Å². The molecule has 0 aliphatic carbocycles. The van der Waals surface area contributed by atoms with E-state index in [1.165, 1.54) is 0 Å². The molecule has 0 rings (SSSR count). The first-order valence-corrected chi connectivity index (χ1v) is 25.6. The topological polar surface area (TPSA) is 78.9 Å². The maximum atomic E-state index is 12.8. The van der Waals surface area contributed by atoms with Gasteiger partial charge in [-0.3, -0.25) is 14.4 Å². The van der Waals surface area contributed by atoms with Crippen molar-refractivity contribution >= 4 is 17.9 Å². The zero-order valence-corrected chi connectivity index (χ0v) is 42.1. The molecule has 0 amide bonds. The highest BCUT2D eigenvalue weighted by Gasteiger charge is 2.19. The van der Waals surface area contributed by atoms with Crippen LogP contribution < -0.4 is 0 Å². The van der Waals surface area contributed by atoms with Crippen LogP contribution in [0.4, 0.5) is 0 Å². The maximum absolute atomic E-state index is 12.8. The summed E-state index contributed by atoms with van der Waals surface area (Å²) in [5, 5.41) is 0. The number of ether oxygens (including phenoxy) is 3. The second-order valence-corrected chi connectivity index (χ2v) is 15.9.